The van der Waals surface area contributed by atoms with Crippen molar-refractivity contribution in [2.45, 2.75) is 0 Å². The Morgan fingerprint density at radius 1 is 1.25 bits per heavy atom. The first-order chi connectivity index (χ1) is 7.01. The molecule has 0 unspecified atom stereocenters. The maximum Gasteiger partial charge on any atom is 1.00 e. The smallest absolute Gasteiger partial charge is 0.748 e. The predicted octanol–water partition coefficient (Wildman–Crippen LogP) is -2.57. The third kappa shape index (κ3) is 6.24. The number of hydrogen-bond acceptors (Lipinski definition) is 5. The Morgan fingerprint density at radius 3 is 2.25 bits per heavy atom. The molecule has 0 aliphatic rings. The summed E-state index contributed by atoms with van der Waals surface area (Å²) < 4.78 is 35.7. The molecule has 0 atom stereocenters. The molecule has 82 valence electrons. The Kier molecular flexibility index (Phi) is 6.85. The second-order valence-electron chi connectivity index (χ2n) is 2.80. The molecule has 0 fully saturated rings. The van der Waals surface area contributed by atoms with Crippen LogP contribution >= 0.6 is 0 Å². The summed E-state index contributed by atoms with van der Waals surface area (Å²) in [6.45, 7) is -0.188. The summed E-state index contributed by atoms with van der Waals surface area (Å²) in [5.74, 6) is -0.146. The summed E-state index contributed by atoms with van der Waals surface area (Å²) in [5.41, 5.74) is 0.499. The van der Waals surface area contributed by atoms with Crippen molar-refractivity contribution in [1.29, 1.82) is 0 Å². The second kappa shape index (κ2) is 7.03. The number of carbonyl (C=O) groups excluding carboxylic acids is 1. The van der Waals surface area contributed by atoms with Gasteiger partial charge in [-0.1, -0.05) is 0 Å². The van der Waals surface area contributed by atoms with Crippen molar-refractivity contribution in [3.63, 3.8) is 0 Å². The van der Waals surface area contributed by atoms with E-state index in [0.717, 1.165) is 0 Å². The van der Waals surface area contributed by atoms with E-state index >= 15 is 0 Å². The molecule has 0 amide bonds. The molecule has 5 nitrogen and oxygen atoms in total. The van der Waals surface area contributed by atoms with Crippen LogP contribution in [0.3, 0.4) is 0 Å². The number of rotatable bonds is 5. The minimum absolute atomic E-state index is 0. The quantitative estimate of drug-likeness (QED) is 0.327. The van der Waals surface area contributed by atoms with Crippen molar-refractivity contribution in [3.05, 3.63) is 29.8 Å². The van der Waals surface area contributed by atoms with E-state index in [-0.39, 0.29) is 36.2 Å². The van der Waals surface area contributed by atoms with Gasteiger partial charge < -0.3 is 9.29 Å². The predicted molar refractivity (Wildman–Crippen MR) is 51.9 cm³/mol. The summed E-state index contributed by atoms with van der Waals surface area (Å²) in [5, 5.41) is 0. The Balaban J connectivity index is 0.00000225. The average molecular weight is 252 g/mol. The molecule has 0 aromatic heterocycles. The van der Waals surface area contributed by atoms with Gasteiger partial charge in [-0.05, 0) is 24.3 Å². The van der Waals surface area contributed by atoms with Gasteiger partial charge in [-0.2, -0.15) is 0 Å². The zero-order chi connectivity index (χ0) is 11.3. The Bertz CT molecular complexity index is 426. The third-order valence-corrected chi connectivity index (χ3v) is 2.28. The Hall–Kier alpha value is -0.400. The summed E-state index contributed by atoms with van der Waals surface area (Å²) in [7, 11) is -4.24. The van der Waals surface area contributed by atoms with Gasteiger partial charge in [0.25, 0.3) is 0 Å². The molecule has 16 heavy (non-hydrogen) atoms. The van der Waals surface area contributed by atoms with Gasteiger partial charge in [-0.15, -0.1) is 0 Å². The molecule has 0 aliphatic heterocycles. The minimum Gasteiger partial charge on any atom is -0.748 e. The number of benzene rings is 1. The zero-order valence-corrected chi connectivity index (χ0v) is 11.6. The molecule has 1 aromatic carbocycles. The molecule has 0 aliphatic carbocycles. The zero-order valence-electron chi connectivity index (χ0n) is 8.75. The molecule has 0 saturated heterocycles. The summed E-state index contributed by atoms with van der Waals surface area (Å²) in [6, 6.07) is 6.13. The normalized spacial score (nSPS) is 10.3. The number of hydrogen-bond donors (Lipinski definition) is 0. The number of ether oxygens (including phenoxy) is 1. The molecule has 0 spiro atoms. The molecular weight excluding hydrogens is 243 g/mol. The van der Waals surface area contributed by atoms with Crippen LogP contribution in [0, 0.1) is 0 Å². The van der Waals surface area contributed by atoms with E-state index in [9.17, 15) is 17.8 Å². The Labute approximate surface area is 116 Å². The Morgan fingerprint density at radius 2 is 1.81 bits per heavy atom. The van der Waals surface area contributed by atoms with Crippen molar-refractivity contribution in [1.82, 2.24) is 0 Å². The average Bonchev–Trinajstić information content (AvgIpc) is 2.17. The van der Waals surface area contributed by atoms with Gasteiger partial charge in [0.15, 0.2) is 0 Å². The van der Waals surface area contributed by atoms with Crippen molar-refractivity contribution in [2.75, 3.05) is 12.4 Å². The van der Waals surface area contributed by atoms with E-state index < -0.39 is 15.9 Å². The molecule has 0 bridgehead atoms. The first-order valence-electron chi connectivity index (χ1n) is 4.13. The number of carbonyl (C=O) groups is 1. The molecular formula is C9H9NaO5S. The van der Waals surface area contributed by atoms with Gasteiger partial charge in [0, 0.05) is 5.56 Å². The van der Waals surface area contributed by atoms with Crippen molar-refractivity contribution in [3.8, 4) is 5.75 Å². The van der Waals surface area contributed by atoms with Gasteiger partial charge in [-0.25, -0.2) is 8.42 Å². The van der Waals surface area contributed by atoms with Crippen LogP contribution in [0.2, 0.25) is 0 Å². The van der Waals surface area contributed by atoms with Crippen LogP contribution in [-0.2, 0) is 10.1 Å². The molecule has 0 N–H and O–H groups in total. The van der Waals surface area contributed by atoms with E-state index in [4.69, 9.17) is 4.74 Å². The van der Waals surface area contributed by atoms with Crippen molar-refractivity contribution < 1.29 is 52.1 Å². The van der Waals surface area contributed by atoms with E-state index in [2.05, 4.69) is 0 Å². The monoisotopic (exact) mass is 252 g/mol. The summed E-state index contributed by atoms with van der Waals surface area (Å²) >= 11 is 0. The fourth-order valence-electron chi connectivity index (χ4n) is 0.904. The molecule has 7 heteroatoms. The van der Waals surface area contributed by atoms with Gasteiger partial charge in [0.1, 0.15) is 18.6 Å². The third-order valence-electron chi connectivity index (χ3n) is 1.62. The van der Waals surface area contributed by atoms with Crippen LogP contribution in [0.1, 0.15) is 10.4 Å². The van der Waals surface area contributed by atoms with Crippen LogP contribution in [0.25, 0.3) is 0 Å². The van der Waals surface area contributed by atoms with Crippen molar-refractivity contribution >= 4 is 16.4 Å². The fraction of sp³-hybridized carbons (Fsp3) is 0.222. The largest absolute Gasteiger partial charge is 1.00 e. The SMILES string of the molecule is O=Cc1ccc(OCCS(=O)(=O)[O-])cc1.[Na+]. The standard InChI is InChI=1S/C9H10O5S.Na/c10-7-8-1-3-9(4-2-8)14-5-6-15(11,12)13;/h1-4,7H,5-6H2,(H,11,12,13);/q;+1/p-1. The minimum atomic E-state index is -4.24. The topological polar surface area (TPSA) is 83.5 Å². The van der Waals surface area contributed by atoms with E-state index in [0.29, 0.717) is 17.6 Å². The van der Waals surface area contributed by atoms with Gasteiger partial charge in [0.05, 0.1) is 15.9 Å². The van der Waals surface area contributed by atoms with Crippen molar-refractivity contribution in [2.24, 2.45) is 0 Å². The first kappa shape index (κ1) is 15.6. The summed E-state index contributed by atoms with van der Waals surface area (Å²) in [6.07, 6.45) is 0.686. The van der Waals surface area contributed by atoms with Gasteiger partial charge in [-0.3, -0.25) is 4.79 Å². The maximum absolute atomic E-state index is 10.3. The van der Waals surface area contributed by atoms with Crippen LogP contribution in [0.4, 0.5) is 0 Å². The molecule has 1 rings (SSSR count). The van der Waals surface area contributed by atoms with Crippen LogP contribution in [0.5, 0.6) is 5.75 Å². The van der Waals surface area contributed by atoms with Crippen LogP contribution < -0.4 is 34.3 Å². The van der Waals surface area contributed by atoms with E-state index in [1.165, 1.54) is 24.3 Å². The van der Waals surface area contributed by atoms with E-state index in [1.807, 2.05) is 0 Å². The van der Waals surface area contributed by atoms with Crippen LogP contribution in [-0.4, -0.2) is 31.6 Å². The van der Waals surface area contributed by atoms with E-state index in [1.54, 1.807) is 0 Å². The van der Waals surface area contributed by atoms with Gasteiger partial charge in [0.2, 0.25) is 0 Å². The molecule has 0 heterocycles. The second-order valence-corrected chi connectivity index (χ2v) is 4.32. The van der Waals surface area contributed by atoms with Crippen LogP contribution in [0.15, 0.2) is 24.3 Å². The first-order valence-corrected chi connectivity index (χ1v) is 5.70. The van der Waals surface area contributed by atoms with Gasteiger partial charge >= 0.3 is 29.6 Å². The molecule has 0 radical (unpaired) electrons. The fourth-order valence-corrected chi connectivity index (χ4v) is 1.19. The molecule has 0 saturated carbocycles. The molecule has 1 aromatic rings. The maximum atomic E-state index is 10.3. The number of aldehydes is 1. The summed E-state index contributed by atoms with van der Waals surface area (Å²) in [4.78, 5) is 10.3.